The molecule has 2 aromatic carbocycles. The minimum Gasteiger partial charge on any atom is -0.354 e. The van der Waals surface area contributed by atoms with Gasteiger partial charge in [0.2, 0.25) is 5.91 Å². The van der Waals surface area contributed by atoms with Crippen LogP contribution in [0.2, 0.25) is 0 Å². The number of benzene rings is 2. The van der Waals surface area contributed by atoms with Crippen LogP contribution in [0.15, 0.2) is 60.7 Å². The largest absolute Gasteiger partial charge is 0.354 e. The molecule has 0 N–H and O–H groups in total. The van der Waals surface area contributed by atoms with Crippen molar-refractivity contribution in [2.75, 3.05) is 6.54 Å². The Morgan fingerprint density at radius 2 is 1.58 bits per heavy atom. The summed E-state index contributed by atoms with van der Waals surface area (Å²) in [5, 5.41) is 0. The first-order valence-corrected chi connectivity index (χ1v) is 9.69. The van der Waals surface area contributed by atoms with Gasteiger partial charge >= 0.3 is 0 Å². The highest BCUT2D eigenvalue weighted by Gasteiger charge is 2.49. The van der Waals surface area contributed by atoms with E-state index in [1.807, 2.05) is 11.8 Å². The van der Waals surface area contributed by atoms with Crippen LogP contribution in [-0.2, 0) is 22.4 Å². The molecule has 3 heteroatoms. The van der Waals surface area contributed by atoms with Gasteiger partial charge in [-0.15, -0.1) is 0 Å². The van der Waals surface area contributed by atoms with E-state index in [0.717, 1.165) is 32.2 Å². The Kier molecular flexibility index (Phi) is 4.82. The van der Waals surface area contributed by atoms with Crippen molar-refractivity contribution in [2.45, 2.75) is 51.4 Å². The molecule has 3 nitrogen and oxygen atoms in total. The number of rotatable bonds is 4. The molecule has 0 bridgehead atoms. The highest BCUT2D eigenvalue weighted by atomic mass is 16.5. The van der Waals surface area contributed by atoms with Crippen LogP contribution in [0.4, 0.5) is 0 Å². The number of carbonyl (C=O) groups excluding carboxylic acids is 1. The Balaban J connectivity index is 1.72. The number of piperidine rings is 1. The maximum Gasteiger partial charge on any atom is 0.227 e. The van der Waals surface area contributed by atoms with Crippen molar-refractivity contribution in [1.29, 1.82) is 0 Å². The first-order chi connectivity index (χ1) is 12.7. The predicted molar refractivity (Wildman–Crippen MR) is 103 cm³/mol. The Hall–Kier alpha value is -2.13. The maximum atomic E-state index is 12.7. The van der Waals surface area contributed by atoms with E-state index in [9.17, 15) is 4.79 Å². The summed E-state index contributed by atoms with van der Waals surface area (Å²) in [5.41, 5.74) is 2.56. The molecule has 4 rings (SSSR count). The lowest BCUT2D eigenvalue weighted by atomic mass is 9.69. The summed E-state index contributed by atoms with van der Waals surface area (Å²) in [6.07, 6.45) is 4.36. The van der Waals surface area contributed by atoms with Gasteiger partial charge in [-0.25, -0.2) is 0 Å². The van der Waals surface area contributed by atoms with Crippen molar-refractivity contribution in [1.82, 2.24) is 4.90 Å². The van der Waals surface area contributed by atoms with Gasteiger partial charge in [0.25, 0.3) is 0 Å². The first-order valence-electron chi connectivity index (χ1n) is 9.69. The highest BCUT2D eigenvalue weighted by Crippen LogP contribution is 2.44. The van der Waals surface area contributed by atoms with E-state index in [0.29, 0.717) is 6.42 Å². The monoisotopic (exact) mass is 349 g/mol. The average Bonchev–Trinajstić information content (AvgIpc) is 2.64. The number of carbonyl (C=O) groups is 1. The van der Waals surface area contributed by atoms with Crippen molar-refractivity contribution in [2.24, 2.45) is 5.41 Å². The lowest BCUT2D eigenvalue weighted by Gasteiger charge is -2.53. The Labute approximate surface area is 156 Å². The molecule has 2 heterocycles. The van der Waals surface area contributed by atoms with Gasteiger partial charge in [-0.1, -0.05) is 60.7 Å². The molecule has 2 aliphatic rings. The van der Waals surface area contributed by atoms with Crippen LogP contribution >= 0.6 is 0 Å². The van der Waals surface area contributed by atoms with Crippen LogP contribution < -0.4 is 0 Å². The average molecular weight is 349 g/mol. The summed E-state index contributed by atoms with van der Waals surface area (Å²) in [7, 11) is 0. The van der Waals surface area contributed by atoms with Crippen molar-refractivity contribution in [3.05, 3.63) is 71.8 Å². The quantitative estimate of drug-likeness (QED) is 0.827. The van der Waals surface area contributed by atoms with E-state index in [-0.39, 0.29) is 23.7 Å². The van der Waals surface area contributed by atoms with Crippen LogP contribution in [-0.4, -0.2) is 29.7 Å². The number of ether oxygens (including phenoxy) is 1. The summed E-state index contributed by atoms with van der Waals surface area (Å²) < 4.78 is 6.43. The van der Waals surface area contributed by atoms with E-state index in [1.165, 1.54) is 11.1 Å². The Morgan fingerprint density at radius 3 is 2.15 bits per heavy atom. The molecule has 2 saturated heterocycles. The molecule has 0 unspecified atom stereocenters. The van der Waals surface area contributed by atoms with E-state index in [1.54, 1.807) is 0 Å². The molecule has 2 aromatic rings. The molecular weight excluding hydrogens is 322 g/mol. The predicted octanol–water partition coefficient (Wildman–Crippen LogP) is 4.22. The third-order valence-electron chi connectivity index (χ3n) is 5.82. The van der Waals surface area contributed by atoms with Crippen LogP contribution in [0.3, 0.4) is 0 Å². The van der Waals surface area contributed by atoms with Crippen LogP contribution in [0, 0.1) is 5.41 Å². The SMILES string of the molecule is C[C@@H]1CC(=O)N2CCCC(Cc3ccccc3)(Cc3ccccc3)[C@@H]2O1. The van der Waals surface area contributed by atoms with Crippen LogP contribution in [0.5, 0.6) is 0 Å². The molecule has 2 atom stereocenters. The summed E-state index contributed by atoms with van der Waals surface area (Å²) in [6.45, 7) is 2.85. The van der Waals surface area contributed by atoms with Crippen molar-refractivity contribution in [3.8, 4) is 0 Å². The van der Waals surface area contributed by atoms with Gasteiger partial charge in [0.05, 0.1) is 12.5 Å². The maximum absolute atomic E-state index is 12.7. The van der Waals surface area contributed by atoms with E-state index in [4.69, 9.17) is 4.74 Å². The Bertz CT molecular complexity index is 702. The third kappa shape index (κ3) is 3.41. The fourth-order valence-electron chi connectivity index (χ4n) is 4.70. The molecule has 0 aliphatic carbocycles. The molecule has 0 aromatic heterocycles. The van der Waals surface area contributed by atoms with Gasteiger partial charge in [-0.05, 0) is 43.7 Å². The van der Waals surface area contributed by atoms with Gasteiger partial charge in [0.15, 0.2) is 0 Å². The van der Waals surface area contributed by atoms with Gasteiger partial charge in [-0.3, -0.25) is 4.79 Å². The molecule has 136 valence electrons. The minimum absolute atomic E-state index is 0.00669. The molecule has 1 amide bonds. The van der Waals surface area contributed by atoms with Crippen molar-refractivity contribution >= 4 is 5.91 Å². The first kappa shape index (κ1) is 17.3. The fourth-order valence-corrected chi connectivity index (χ4v) is 4.70. The van der Waals surface area contributed by atoms with E-state index in [2.05, 4.69) is 60.7 Å². The van der Waals surface area contributed by atoms with Gasteiger partial charge in [0.1, 0.15) is 6.23 Å². The number of hydrogen-bond acceptors (Lipinski definition) is 2. The lowest BCUT2D eigenvalue weighted by molar-refractivity contribution is -0.212. The van der Waals surface area contributed by atoms with Crippen molar-refractivity contribution < 1.29 is 9.53 Å². The van der Waals surface area contributed by atoms with Gasteiger partial charge in [0, 0.05) is 12.0 Å². The van der Waals surface area contributed by atoms with E-state index < -0.39 is 0 Å². The highest BCUT2D eigenvalue weighted by molar-refractivity contribution is 5.77. The lowest BCUT2D eigenvalue weighted by Crippen LogP contribution is -2.61. The summed E-state index contributed by atoms with van der Waals surface area (Å²) in [5.74, 6) is 0.249. The number of fused-ring (bicyclic) bond motifs is 1. The van der Waals surface area contributed by atoms with Gasteiger partial charge < -0.3 is 9.64 Å². The third-order valence-corrected chi connectivity index (χ3v) is 5.82. The van der Waals surface area contributed by atoms with Crippen LogP contribution in [0.25, 0.3) is 0 Å². The number of amides is 1. The molecular formula is C23H27NO2. The summed E-state index contributed by atoms with van der Waals surface area (Å²) in [4.78, 5) is 14.7. The molecule has 0 saturated carbocycles. The summed E-state index contributed by atoms with van der Waals surface area (Å²) in [6, 6.07) is 21.3. The van der Waals surface area contributed by atoms with Crippen LogP contribution in [0.1, 0.15) is 37.3 Å². The number of hydrogen-bond donors (Lipinski definition) is 0. The second kappa shape index (κ2) is 7.24. The zero-order valence-corrected chi connectivity index (χ0v) is 15.4. The zero-order valence-electron chi connectivity index (χ0n) is 15.4. The second-order valence-corrected chi connectivity index (χ2v) is 7.88. The summed E-state index contributed by atoms with van der Waals surface area (Å²) >= 11 is 0. The molecule has 2 aliphatic heterocycles. The Morgan fingerprint density at radius 1 is 1.00 bits per heavy atom. The van der Waals surface area contributed by atoms with E-state index >= 15 is 0 Å². The fraction of sp³-hybridized carbons (Fsp3) is 0.435. The van der Waals surface area contributed by atoms with Gasteiger partial charge in [-0.2, -0.15) is 0 Å². The normalized spacial score (nSPS) is 25.0. The van der Waals surface area contributed by atoms with Crippen molar-refractivity contribution in [3.63, 3.8) is 0 Å². The number of nitrogens with zero attached hydrogens (tertiary/aromatic N) is 1. The standard InChI is InChI=1S/C23H27NO2/c1-18-15-21(25)24-14-8-13-23(22(24)26-18,16-19-9-4-2-5-10-19)17-20-11-6-3-7-12-20/h2-7,9-12,18,22H,8,13-17H2,1H3/t18-,22+/m1/s1. The second-order valence-electron chi connectivity index (χ2n) is 7.88. The minimum atomic E-state index is -0.132. The molecule has 26 heavy (non-hydrogen) atoms. The molecule has 2 fully saturated rings. The molecule has 0 spiro atoms. The smallest absolute Gasteiger partial charge is 0.227 e. The zero-order chi connectivity index (χ0) is 18.0. The molecule has 0 radical (unpaired) electrons. The topological polar surface area (TPSA) is 29.5 Å².